The van der Waals surface area contributed by atoms with Gasteiger partial charge in [0.1, 0.15) is 0 Å². The van der Waals surface area contributed by atoms with E-state index in [0.717, 1.165) is 17.3 Å². The molecule has 0 saturated carbocycles. The first-order valence-corrected chi connectivity index (χ1v) is 11.8. The van der Waals surface area contributed by atoms with Crippen molar-refractivity contribution in [2.75, 3.05) is 23.0 Å². The van der Waals surface area contributed by atoms with Gasteiger partial charge in [0, 0.05) is 26.5 Å². The summed E-state index contributed by atoms with van der Waals surface area (Å²) in [6.07, 6.45) is -2.27. The molecule has 0 aliphatic rings. The first-order valence-electron chi connectivity index (χ1n) is 8.59. The van der Waals surface area contributed by atoms with Crippen LogP contribution in [0, 0.1) is 0 Å². The van der Waals surface area contributed by atoms with Crippen LogP contribution in [0.5, 0.6) is 0 Å². The van der Waals surface area contributed by atoms with E-state index in [-0.39, 0.29) is 4.58 Å². The van der Waals surface area contributed by atoms with Crippen molar-refractivity contribution in [2.45, 2.75) is 64.4 Å². The molecular formula is C17H30O6S3. The van der Waals surface area contributed by atoms with Gasteiger partial charge in [0.05, 0.1) is 4.58 Å². The van der Waals surface area contributed by atoms with Crippen LogP contribution in [-0.2, 0) is 28.6 Å². The Morgan fingerprint density at radius 2 is 1.19 bits per heavy atom. The Bertz CT molecular complexity index is 440. The Morgan fingerprint density at radius 1 is 0.731 bits per heavy atom. The van der Waals surface area contributed by atoms with E-state index in [0.29, 0.717) is 5.75 Å². The number of hydrogen-bond acceptors (Lipinski definition) is 9. The number of thioether (sulfide) groups is 3. The molecule has 0 heterocycles. The zero-order valence-corrected chi connectivity index (χ0v) is 18.8. The van der Waals surface area contributed by atoms with Crippen LogP contribution in [0.15, 0.2) is 0 Å². The summed E-state index contributed by atoms with van der Waals surface area (Å²) in [7, 11) is 0. The Morgan fingerprint density at radius 3 is 1.58 bits per heavy atom. The van der Waals surface area contributed by atoms with Crippen LogP contribution in [0.2, 0.25) is 0 Å². The molecule has 0 radical (unpaired) electrons. The number of hydrogen-bond donors (Lipinski definition) is 0. The molecular weight excluding hydrogens is 396 g/mol. The van der Waals surface area contributed by atoms with Gasteiger partial charge in [-0.3, -0.25) is 14.4 Å². The third kappa shape index (κ3) is 10.6. The molecule has 9 heteroatoms. The maximum atomic E-state index is 11.7. The van der Waals surface area contributed by atoms with Gasteiger partial charge in [0.25, 0.3) is 0 Å². The molecule has 6 nitrogen and oxygen atoms in total. The molecule has 0 aromatic carbocycles. The van der Waals surface area contributed by atoms with Crippen LogP contribution in [0.1, 0.15) is 41.5 Å². The molecule has 0 spiro atoms. The van der Waals surface area contributed by atoms with E-state index in [2.05, 4.69) is 0 Å². The van der Waals surface area contributed by atoms with E-state index in [9.17, 15) is 14.4 Å². The van der Waals surface area contributed by atoms with Crippen molar-refractivity contribution in [3.63, 3.8) is 0 Å². The van der Waals surface area contributed by atoms with Gasteiger partial charge >= 0.3 is 17.9 Å². The topological polar surface area (TPSA) is 78.9 Å². The fourth-order valence-corrected chi connectivity index (χ4v) is 5.61. The fraction of sp³-hybridized carbons (Fsp3) is 0.824. The standard InChI is InChI=1S/C17H30O6S3/c1-7-24-10-14(21-11(4)18)15(22-12(5)19)16(23-13(6)20)17(25-8-2)26-9-3/h14-17H,7-10H2,1-6H3/t14-,15-,16+/m0/s1. The summed E-state index contributed by atoms with van der Waals surface area (Å²) in [5, 5.41) is 0. The molecule has 26 heavy (non-hydrogen) atoms. The molecule has 152 valence electrons. The van der Waals surface area contributed by atoms with Crippen molar-refractivity contribution in [2.24, 2.45) is 0 Å². The highest BCUT2D eigenvalue weighted by Gasteiger charge is 2.41. The summed E-state index contributed by atoms with van der Waals surface area (Å²) < 4.78 is 16.4. The quantitative estimate of drug-likeness (QED) is 0.250. The van der Waals surface area contributed by atoms with Crippen molar-refractivity contribution in [3.8, 4) is 0 Å². The van der Waals surface area contributed by atoms with Crippen molar-refractivity contribution < 1.29 is 28.6 Å². The molecule has 0 N–H and O–H groups in total. The maximum absolute atomic E-state index is 11.7. The Kier molecular flexibility index (Phi) is 14.2. The first kappa shape index (κ1) is 25.5. The minimum atomic E-state index is -0.859. The molecule has 0 saturated heterocycles. The Hall–Kier alpha value is -0.540. The number of esters is 3. The largest absolute Gasteiger partial charge is 0.458 e. The van der Waals surface area contributed by atoms with Crippen LogP contribution in [0.4, 0.5) is 0 Å². The minimum Gasteiger partial charge on any atom is -0.458 e. The van der Waals surface area contributed by atoms with Crippen molar-refractivity contribution >= 4 is 53.2 Å². The third-order valence-electron chi connectivity index (χ3n) is 3.03. The molecule has 0 aliphatic carbocycles. The second-order valence-corrected chi connectivity index (χ2v) is 9.69. The third-order valence-corrected chi connectivity index (χ3v) is 6.68. The predicted molar refractivity (Wildman–Crippen MR) is 110 cm³/mol. The van der Waals surface area contributed by atoms with Gasteiger partial charge in [-0.05, 0) is 17.3 Å². The molecule has 0 amide bonds. The number of carbonyl (C=O) groups excluding carboxylic acids is 3. The van der Waals surface area contributed by atoms with Crippen LogP contribution < -0.4 is 0 Å². The number of carbonyl (C=O) groups is 3. The Labute approximate surface area is 169 Å². The van der Waals surface area contributed by atoms with E-state index in [1.165, 1.54) is 20.8 Å². The molecule has 0 aliphatic heterocycles. The normalized spacial score (nSPS) is 14.4. The smallest absolute Gasteiger partial charge is 0.303 e. The molecule has 0 unspecified atom stereocenters. The molecule has 0 aromatic rings. The van der Waals surface area contributed by atoms with Crippen LogP contribution in [-0.4, -0.2) is 63.8 Å². The van der Waals surface area contributed by atoms with Gasteiger partial charge in [0.2, 0.25) is 0 Å². The van der Waals surface area contributed by atoms with Crippen LogP contribution in [0.3, 0.4) is 0 Å². The van der Waals surface area contributed by atoms with Crippen LogP contribution in [0.25, 0.3) is 0 Å². The van der Waals surface area contributed by atoms with Crippen molar-refractivity contribution in [3.05, 3.63) is 0 Å². The summed E-state index contributed by atoms with van der Waals surface area (Å²) in [4.78, 5) is 35.0. The summed E-state index contributed by atoms with van der Waals surface area (Å²) in [6, 6.07) is 0. The fourth-order valence-electron chi connectivity index (χ4n) is 2.22. The molecule has 0 bridgehead atoms. The van der Waals surface area contributed by atoms with Gasteiger partial charge in [-0.25, -0.2) is 0 Å². The van der Waals surface area contributed by atoms with Gasteiger partial charge < -0.3 is 14.2 Å². The zero-order chi connectivity index (χ0) is 20.1. The first-order chi connectivity index (χ1) is 12.3. The average Bonchev–Trinajstić information content (AvgIpc) is 2.54. The number of ether oxygens (including phenoxy) is 3. The minimum absolute atomic E-state index is 0.136. The summed E-state index contributed by atoms with van der Waals surface area (Å²) in [6.45, 7) is 9.94. The Balaban J connectivity index is 5.82. The second kappa shape index (κ2) is 14.5. The van der Waals surface area contributed by atoms with Crippen molar-refractivity contribution in [1.29, 1.82) is 0 Å². The lowest BCUT2D eigenvalue weighted by Crippen LogP contribution is -2.50. The highest BCUT2D eigenvalue weighted by atomic mass is 32.2. The van der Waals surface area contributed by atoms with Gasteiger partial charge in [-0.1, -0.05) is 20.8 Å². The summed E-state index contributed by atoms with van der Waals surface area (Å²) >= 11 is 4.79. The van der Waals surface area contributed by atoms with E-state index in [1.807, 2.05) is 20.8 Å². The van der Waals surface area contributed by atoms with Gasteiger partial charge in [-0.15, -0.1) is 23.5 Å². The summed E-state index contributed by atoms with van der Waals surface area (Å²) in [5.74, 6) is 1.45. The van der Waals surface area contributed by atoms with Crippen molar-refractivity contribution in [1.82, 2.24) is 0 Å². The lowest BCUT2D eigenvalue weighted by Gasteiger charge is -2.35. The van der Waals surface area contributed by atoms with E-state index in [4.69, 9.17) is 14.2 Å². The second-order valence-electron chi connectivity index (χ2n) is 5.23. The monoisotopic (exact) mass is 426 g/mol. The molecule has 3 atom stereocenters. The summed E-state index contributed by atoms with van der Waals surface area (Å²) in [5.41, 5.74) is 0. The van der Waals surface area contributed by atoms with E-state index >= 15 is 0 Å². The number of rotatable bonds is 13. The molecule has 0 fully saturated rings. The van der Waals surface area contributed by atoms with Gasteiger partial charge in [-0.2, -0.15) is 11.8 Å². The van der Waals surface area contributed by atoms with E-state index in [1.54, 1.807) is 35.3 Å². The lowest BCUT2D eigenvalue weighted by atomic mass is 10.1. The predicted octanol–water partition coefficient (Wildman–Crippen LogP) is 3.37. The SMILES string of the molecule is CCSC[C@H](OC(C)=O)[C@H](OC(C)=O)[C@@H](OC(C)=O)C(SCC)SCC. The van der Waals surface area contributed by atoms with Crippen LogP contribution >= 0.6 is 35.3 Å². The molecule has 0 rings (SSSR count). The van der Waals surface area contributed by atoms with Gasteiger partial charge in [0.15, 0.2) is 18.3 Å². The highest BCUT2D eigenvalue weighted by molar-refractivity contribution is 8.17. The zero-order valence-electron chi connectivity index (χ0n) is 16.3. The highest BCUT2D eigenvalue weighted by Crippen LogP contribution is 2.33. The maximum Gasteiger partial charge on any atom is 0.303 e. The lowest BCUT2D eigenvalue weighted by molar-refractivity contribution is -0.179. The average molecular weight is 427 g/mol. The molecule has 0 aromatic heterocycles. The van der Waals surface area contributed by atoms with E-state index < -0.39 is 36.2 Å².